The SMILES string of the molecule is COc1ccc(CN2C(=O)[C@H]3[C@@H](C2=O)[C@]2(N[C@H]3C(C)C)C(=O)Nc3ccc(F)cc32)cc1. The first kappa shape index (κ1) is 20.6. The Bertz CT molecular complexity index is 1130. The van der Waals surface area contributed by atoms with E-state index in [9.17, 15) is 18.8 Å². The van der Waals surface area contributed by atoms with Crippen LogP contribution in [0.25, 0.3) is 0 Å². The molecule has 0 aliphatic carbocycles. The second-order valence-corrected chi connectivity index (χ2v) is 8.98. The molecule has 2 saturated heterocycles. The number of imide groups is 1. The smallest absolute Gasteiger partial charge is 0.250 e. The van der Waals surface area contributed by atoms with Gasteiger partial charge < -0.3 is 10.1 Å². The lowest BCUT2D eigenvalue weighted by Crippen LogP contribution is -2.53. The summed E-state index contributed by atoms with van der Waals surface area (Å²) < 4.78 is 19.4. The normalized spacial score (nSPS) is 28.5. The molecule has 2 fully saturated rings. The van der Waals surface area contributed by atoms with Crippen molar-refractivity contribution in [2.75, 3.05) is 12.4 Å². The fraction of sp³-hybridized carbons (Fsp3) is 0.375. The molecular formula is C24H24FN3O4. The number of amides is 3. The molecule has 3 heterocycles. The number of ether oxygens (including phenoxy) is 1. The highest BCUT2D eigenvalue weighted by Crippen LogP contribution is 2.54. The summed E-state index contributed by atoms with van der Waals surface area (Å²) in [5, 5.41) is 6.08. The summed E-state index contributed by atoms with van der Waals surface area (Å²) in [6, 6.07) is 10.8. The molecule has 5 rings (SSSR count). The third-order valence-electron chi connectivity index (χ3n) is 6.92. The van der Waals surface area contributed by atoms with E-state index in [2.05, 4.69) is 10.6 Å². The van der Waals surface area contributed by atoms with Gasteiger partial charge in [-0.2, -0.15) is 0 Å². The van der Waals surface area contributed by atoms with Crippen molar-refractivity contribution < 1.29 is 23.5 Å². The zero-order valence-corrected chi connectivity index (χ0v) is 18.0. The van der Waals surface area contributed by atoms with Crippen molar-refractivity contribution in [3.05, 3.63) is 59.4 Å². The number of carbonyl (C=O) groups excluding carboxylic acids is 3. The summed E-state index contributed by atoms with van der Waals surface area (Å²) in [4.78, 5) is 41.7. The number of benzene rings is 2. The summed E-state index contributed by atoms with van der Waals surface area (Å²) in [5.41, 5.74) is 0.144. The van der Waals surface area contributed by atoms with Crippen LogP contribution in [0.15, 0.2) is 42.5 Å². The van der Waals surface area contributed by atoms with Gasteiger partial charge >= 0.3 is 0 Å². The number of methoxy groups -OCH3 is 1. The van der Waals surface area contributed by atoms with Gasteiger partial charge in [0.15, 0.2) is 0 Å². The van der Waals surface area contributed by atoms with Gasteiger partial charge in [0.1, 0.15) is 17.1 Å². The molecule has 2 N–H and O–H groups in total. The van der Waals surface area contributed by atoms with Gasteiger partial charge in [0, 0.05) is 17.3 Å². The molecule has 8 heteroatoms. The molecule has 0 aromatic heterocycles. The predicted molar refractivity (Wildman–Crippen MR) is 114 cm³/mol. The van der Waals surface area contributed by atoms with Gasteiger partial charge in [-0.15, -0.1) is 0 Å². The molecule has 3 aliphatic heterocycles. The molecule has 2 aromatic carbocycles. The zero-order chi connectivity index (χ0) is 22.8. The predicted octanol–water partition coefficient (Wildman–Crippen LogP) is 2.41. The maximum Gasteiger partial charge on any atom is 0.250 e. The van der Waals surface area contributed by atoms with Crippen molar-refractivity contribution >= 4 is 23.4 Å². The van der Waals surface area contributed by atoms with Crippen LogP contribution < -0.4 is 15.4 Å². The lowest BCUT2D eigenvalue weighted by molar-refractivity contribution is -0.143. The Balaban J connectivity index is 1.58. The van der Waals surface area contributed by atoms with Crippen molar-refractivity contribution in [2.45, 2.75) is 32.0 Å². The Morgan fingerprint density at radius 2 is 1.81 bits per heavy atom. The Labute approximate surface area is 184 Å². The van der Waals surface area contributed by atoms with E-state index in [4.69, 9.17) is 4.74 Å². The lowest BCUT2D eigenvalue weighted by atomic mass is 9.76. The minimum Gasteiger partial charge on any atom is -0.497 e. The van der Waals surface area contributed by atoms with Crippen LogP contribution in [0.1, 0.15) is 25.0 Å². The quantitative estimate of drug-likeness (QED) is 0.718. The molecule has 0 radical (unpaired) electrons. The van der Waals surface area contributed by atoms with Crippen molar-refractivity contribution in [2.24, 2.45) is 17.8 Å². The van der Waals surface area contributed by atoms with Gasteiger partial charge in [0.05, 0.1) is 25.5 Å². The van der Waals surface area contributed by atoms with Crippen LogP contribution in [0.3, 0.4) is 0 Å². The van der Waals surface area contributed by atoms with E-state index in [1.54, 1.807) is 31.4 Å². The van der Waals surface area contributed by atoms with Crippen LogP contribution >= 0.6 is 0 Å². The molecule has 2 aromatic rings. The van der Waals surface area contributed by atoms with Gasteiger partial charge in [-0.3, -0.25) is 24.6 Å². The van der Waals surface area contributed by atoms with Crippen LogP contribution in [0, 0.1) is 23.6 Å². The van der Waals surface area contributed by atoms with E-state index in [1.165, 1.54) is 23.1 Å². The van der Waals surface area contributed by atoms with E-state index in [1.807, 2.05) is 13.8 Å². The molecule has 0 bridgehead atoms. The standard InChI is InChI=1S/C24H24FN3O4/c1-12(2)20-18-19(24(27-20)16-10-14(25)6-9-17(16)26-23(24)31)22(30)28(21(18)29)11-13-4-7-15(32-3)8-5-13/h4-10,12,18-20,27H,11H2,1-3H3,(H,26,31)/t18-,19-,20-,24-/m0/s1. The van der Waals surface area contributed by atoms with Crippen LogP contribution in [0.4, 0.5) is 10.1 Å². The van der Waals surface area contributed by atoms with E-state index in [0.717, 1.165) is 5.56 Å². The minimum absolute atomic E-state index is 0.0232. The maximum absolute atomic E-state index is 14.2. The highest BCUT2D eigenvalue weighted by atomic mass is 19.1. The summed E-state index contributed by atoms with van der Waals surface area (Å²) >= 11 is 0. The van der Waals surface area contributed by atoms with Gasteiger partial charge in [0.2, 0.25) is 17.7 Å². The van der Waals surface area contributed by atoms with Crippen LogP contribution in [0.2, 0.25) is 0 Å². The Morgan fingerprint density at radius 3 is 2.47 bits per heavy atom. The van der Waals surface area contributed by atoms with Crippen molar-refractivity contribution in [3.63, 3.8) is 0 Å². The van der Waals surface area contributed by atoms with Crippen molar-refractivity contribution in [1.82, 2.24) is 10.2 Å². The van der Waals surface area contributed by atoms with E-state index in [-0.39, 0.29) is 18.4 Å². The molecule has 7 nitrogen and oxygen atoms in total. The largest absolute Gasteiger partial charge is 0.497 e. The number of anilines is 1. The maximum atomic E-state index is 14.2. The molecule has 32 heavy (non-hydrogen) atoms. The molecule has 0 saturated carbocycles. The summed E-state index contributed by atoms with van der Waals surface area (Å²) in [6.07, 6.45) is 0. The average Bonchev–Trinajstić information content (AvgIpc) is 3.36. The number of nitrogens with one attached hydrogen (secondary N) is 2. The molecule has 3 aliphatic rings. The third kappa shape index (κ3) is 2.72. The fourth-order valence-corrected chi connectivity index (χ4v) is 5.41. The number of hydrogen-bond acceptors (Lipinski definition) is 5. The first-order valence-electron chi connectivity index (χ1n) is 10.6. The summed E-state index contributed by atoms with van der Waals surface area (Å²) in [6.45, 7) is 3.99. The van der Waals surface area contributed by atoms with Crippen LogP contribution in [0.5, 0.6) is 5.75 Å². The number of nitrogens with zero attached hydrogens (tertiary/aromatic N) is 1. The van der Waals surface area contributed by atoms with Crippen molar-refractivity contribution in [1.29, 1.82) is 0 Å². The number of fused-ring (bicyclic) bond motifs is 4. The number of likely N-dealkylation sites (tertiary alicyclic amines) is 1. The number of hydrogen-bond donors (Lipinski definition) is 2. The summed E-state index contributed by atoms with van der Waals surface area (Å²) in [5.74, 6) is -2.65. The molecule has 166 valence electrons. The van der Waals surface area contributed by atoms with Crippen LogP contribution in [-0.2, 0) is 26.5 Å². The molecular weight excluding hydrogens is 413 g/mol. The Kier molecular flexibility index (Phi) is 4.60. The van der Waals surface area contributed by atoms with E-state index in [0.29, 0.717) is 17.0 Å². The van der Waals surface area contributed by atoms with E-state index >= 15 is 0 Å². The van der Waals surface area contributed by atoms with Gasteiger partial charge in [-0.05, 0) is 41.8 Å². The first-order chi connectivity index (χ1) is 15.3. The van der Waals surface area contributed by atoms with Crippen LogP contribution in [-0.4, -0.2) is 35.8 Å². The van der Waals surface area contributed by atoms with Gasteiger partial charge in [-0.1, -0.05) is 26.0 Å². The number of halogens is 1. The van der Waals surface area contributed by atoms with Gasteiger partial charge in [0.25, 0.3) is 0 Å². The Hall–Kier alpha value is -3.26. The first-order valence-corrected chi connectivity index (χ1v) is 10.6. The second kappa shape index (κ2) is 7.13. The Morgan fingerprint density at radius 1 is 1.09 bits per heavy atom. The monoisotopic (exact) mass is 437 g/mol. The highest BCUT2D eigenvalue weighted by Gasteiger charge is 2.70. The second-order valence-electron chi connectivity index (χ2n) is 8.98. The average molecular weight is 437 g/mol. The fourth-order valence-electron chi connectivity index (χ4n) is 5.41. The lowest BCUT2D eigenvalue weighted by Gasteiger charge is -2.30. The topological polar surface area (TPSA) is 87.7 Å². The zero-order valence-electron chi connectivity index (χ0n) is 18.0. The third-order valence-corrected chi connectivity index (χ3v) is 6.92. The number of carbonyl (C=O) groups is 3. The molecule has 0 unspecified atom stereocenters. The van der Waals surface area contributed by atoms with E-state index < -0.39 is 41.0 Å². The molecule has 4 atom stereocenters. The van der Waals surface area contributed by atoms with Gasteiger partial charge in [-0.25, -0.2) is 4.39 Å². The summed E-state index contributed by atoms with van der Waals surface area (Å²) in [7, 11) is 1.57. The number of rotatable bonds is 4. The molecule has 1 spiro atoms. The minimum atomic E-state index is -1.47. The molecule has 3 amide bonds. The van der Waals surface area contributed by atoms with Crippen molar-refractivity contribution in [3.8, 4) is 5.75 Å². The highest BCUT2D eigenvalue weighted by molar-refractivity contribution is 6.15.